The molecule has 0 saturated heterocycles. The molecule has 34 heavy (non-hydrogen) atoms. The lowest BCUT2D eigenvalue weighted by Crippen LogP contribution is -2.83. The van der Waals surface area contributed by atoms with Gasteiger partial charge in [-0.2, -0.15) is 13.4 Å². The number of carboxylic acids is 1. The van der Waals surface area contributed by atoms with Crippen LogP contribution in [0.3, 0.4) is 0 Å². The third-order valence-electron chi connectivity index (χ3n) is 5.53. The van der Waals surface area contributed by atoms with Crippen molar-refractivity contribution in [3.8, 4) is 0 Å². The summed E-state index contributed by atoms with van der Waals surface area (Å²) in [5, 5.41) is 123. The highest BCUT2D eigenvalue weighted by atomic mass is 16.4. The van der Waals surface area contributed by atoms with Crippen LogP contribution in [0.25, 0.3) is 0 Å². The van der Waals surface area contributed by atoms with Gasteiger partial charge in [0.1, 0.15) is 0 Å². The van der Waals surface area contributed by atoms with Crippen molar-refractivity contribution >= 4 is 5.97 Å². The van der Waals surface area contributed by atoms with Gasteiger partial charge < -0.3 is 66.4 Å². The van der Waals surface area contributed by atoms with Crippen molar-refractivity contribution in [2.24, 2.45) is 0 Å². The summed E-state index contributed by atoms with van der Waals surface area (Å²) in [5.74, 6) is -1.12. The molecule has 206 valence electrons. The topological polar surface area (TPSA) is 292 Å². The zero-order valence-corrected chi connectivity index (χ0v) is 18.8. The average molecular weight is 514 g/mol. The van der Waals surface area contributed by atoms with Gasteiger partial charge in [-0.15, -0.1) is 0 Å². The zero-order valence-electron chi connectivity index (χ0n) is 18.8. The van der Waals surface area contributed by atoms with E-state index in [9.17, 15) is 50.8 Å². The average Bonchev–Trinajstić information content (AvgIpc) is 2.89. The van der Waals surface area contributed by atoms with Crippen molar-refractivity contribution in [3.05, 3.63) is 0 Å². The molecule has 0 radical (unpaired) electrons. The fraction of sp³-hybridized carbons (Fsp3) is 0.938. The molecule has 0 heterocycles. The van der Waals surface area contributed by atoms with Gasteiger partial charge in [0.25, 0.3) is 0 Å². The highest BCUT2D eigenvalue weighted by Gasteiger charge is 2.63. The van der Waals surface area contributed by atoms with E-state index in [1.54, 1.807) is 0 Å². The number of aliphatic hydroxyl groups is 12. The largest absolute Gasteiger partial charge is 0.480 e. The molecule has 0 aromatic rings. The maximum atomic E-state index is 10.1. The first kappa shape index (κ1) is 35.0. The molecule has 14 N–H and O–H groups in total. The van der Waals surface area contributed by atoms with Crippen LogP contribution >= 0.6 is 0 Å². The lowest BCUT2D eigenvalue weighted by molar-refractivity contribution is -1.31. The van der Waals surface area contributed by atoms with Gasteiger partial charge in [-0.05, 0) is 0 Å². The van der Waals surface area contributed by atoms with Crippen LogP contribution in [0.5, 0.6) is 0 Å². The molecule has 0 bridgehead atoms. The lowest BCUT2D eigenvalue weighted by atomic mass is 10.0. The van der Waals surface area contributed by atoms with Crippen LogP contribution in [0.4, 0.5) is 0 Å². The highest BCUT2D eigenvalue weighted by molar-refractivity contribution is 5.69. The number of carboxylic acid groups (broad SMARTS) is 1. The summed E-state index contributed by atoms with van der Waals surface area (Å²) in [6.07, 6.45) is -1.58. The normalized spacial score (nSPS) is 13.1. The first-order chi connectivity index (χ1) is 16.0. The van der Waals surface area contributed by atoms with E-state index in [-0.39, 0.29) is 0 Å². The molecule has 0 aromatic heterocycles. The number of hydrogen-bond acceptors (Lipinski definition) is 14. The summed E-state index contributed by atoms with van der Waals surface area (Å²) in [5.41, 5.74) is -1.31. The SMILES string of the molecule is O=C(O)CNC(CO)(CO)CO.OC[N+](CO)(CO)C([N+](CO)(CO)CO)[N+](CO)(CO)CO. The molecule has 0 aromatic carbocycles. The number of nitrogens with one attached hydrogen (secondary N) is 1. The highest BCUT2D eigenvalue weighted by Crippen LogP contribution is 2.30. The van der Waals surface area contributed by atoms with Gasteiger partial charge in [-0.1, -0.05) is 0 Å². The molecule has 0 atom stereocenters. The number of aliphatic carboxylic acids is 1. The number of nitrogens with zero attached hydrogens (tertiary/aromatic N) is 3. The van der Waals surface area contributed by atoms with Crippen LogP contribution in [0.2, 0.25) is 0 Å². The van der Waals surface area contributed by atoms with Crippen LogP contribution in [0.15, 0.2) is 0 Å². The summed E-state index contributed by atoms with van der Waals surface area (Å²) in [4.78, 5) is 10.1. The first-order valence-electron chi connectivity index (χ1n) is 9.86. The summed E-state index contributed by atoms with van der Waals surface area (Å²) in [6, 6.07) is 0. The monoisotopic (exact) mass is 513 g/mol. The molecule has 18 heteroatoms. The Morgan fingerprint density at radius 3 is 0.941 bits per heavy atom. The minimum atomic E-state index is -1.58. The molecule has 0 rings (SSSR count). The second-order valence-corrected chi connectivity index (χ2v) is 7.78. The van der Waals surface area contributed by atoms with Crippen LogP contribution in [0, 0.1) is 0 Å². The quantitative estimate of drug-likeness (QED) is 0.0598. The molecule has 0 aliphatic rings. The maximum absolute atomic E-state index is 10.1. The van der Waals surface area contributed by atoms with Gasteiger partial charge in [-0.3, -0.25) is 10.1 Å². The Bertz CT molecular complexity index is 461. The molecular weight excluding hydrogens is 472 g/mol. The first-order valence-corrected chi connectivity index (χ1v) is 9.86. The molecule has 0 aliphatic heterocycles. The Morgan fingerprint density at radius 1 is 0.559 bits per heavy atom. The van der Waals surface area contributed by atoms with E-state index in [1.807, 2.05) is 0 Å². The Kier molecular flexibility index (Phi) is 17.0. The predicted octanol–water partition coefficient (Wildman–Crippen LogP) is -8.36. The van der Waals surface area contributed by atoms with Gasteiger partial charge in [0.2, 0.25) is 0 Å². The van der Waals surface area contributed by atoms with E-state index >= 15 is 0 Å². The van der Waals surface area contributed by atoms with E-state index in [1.165, 1.54) is 0 Å². The van der Waals surface area contributed by atoms with Crippen LogP contribution < -0.4 is 5.32 Å². The van der Waals surface area contributed by atoms with Crippen molar-refractivity contribution in [2.45, 2.75) is 11.8 Å². The number of hydrogen-bond donors (Lipinski definition) is 14. The molecule has 0 fully saturated rings. The molecule has 18 nitrogen and oxygen atoms in total. The Hall–Kier alpha value is -1.17. The summed E-state index contributed by atoms with van der Waals surface area (Å²) in [7, 11) is 0. The van der Waals surface area contributed by atoms with Gasteiger partial charge in [-0.25, -0.2) is 0 Å². The third-order valence-corrected chi connectivity index (χ3v) is 5.53. The molecule has 0 amide bonds. The van der Waals surface area contributed by atoms with E-state index < -0.39 is 118 Å². The molecular formula is C16H41N4O14+3. The smallest absolute Gasteiger partial charge is 0.360 e. The minimum absolute atomic E-state index is 0.415. The van der Waals surface area contributed by atoms with Gasteiger partial charge >= 0.3 is 12.3 Å². The van der Waals surface area contributed by atoms with Crippen molar-refractivity contribution < 1.29 is 84.6 Å². The van der Waals surface area contributed by atoms with Crippen molar-refractivity contribution in [1.29, 1.82) is 0 Å². The lowest BCUT2D eigenvalue weighted by Gasteiger charge is -2.52. The molecule has 0 aliphatic carbocycles. The second kappa shape index (κ2) is 16.5. The fourth-order valence-electron chi connectivity index (χ4n) is 3.20. The second-order valence-electron chi connectivity index (χ2n) is 7.78. The number of rotatable bonds is 18. The number of quaternary nitrogens is 3. The predicted molar refractivity (Wildman–Crippen MR) is 108 cm³/mol. The molecule has 0 saturated carbocycles. The Balaban J connectivity index is 0. The van der Waals surface area contributed by atoms with E-state index in [4.69, 9.17) is 20.4 Å². The Morgan fingerprint density at radius 2 is 0.794 bits per heavy atom. The van der Waals surface area contributed by atoms with Gasteiger partial charge in [0.15, 0.2) is 60.6 Å². The van der Waals surface area contributed by atoms with Gasteiger partial charge in [0.05, 0.1) is 31.9 Å². The van der Waals surface area contributed by atoms with E-state index in [2.05, 4.69) is 5.32 Å². The summed E-state index contributed by atoms with van der Waals surface area (Å²) >= 11 is 0. The van der Waals surface area contributed by atoms with Crippen molar-refractivity contribution in [2.75, 3.05) is 86.9 Å². The maximum Gasteiger partial charge on any atom is 0.360 e. The van der Waals surface area contributed by atoms with Crippen LogP contribution in [0.1, 0.15) is 0 Å². The molecule has 0 unspecified atom stereocenters. The number of aliphatic hydroxyl groups excluding tert-OH is 12. The zero-order chi connectivity index (χ0) is 27.1. The summed E-state index contributed by atoms with van der Waals surface area (Å²) < 4.78 is -3.12. The van der Waals surface area contributed by atoms with Crippen LogP contribution in [-0.4, -0.2) is 185 Å². The van der Waals surface area contributed by atoms with Crippen molar-refractivity contribution in [1.82, 2.24) is 5.32 Å². The van der Waals surface area contributed by atoms with Crippen molar-refractivity contribution in [3.63, 3.8) is 0 Å². The standard InChI is InChI=1S/C10H28N3O9.C6H13NO5/c14-1-11(2-15,3-16)10(12(4-17,5-18)6-19)13(7-20,8-21)9-22;8-2-6(3-9,4-10)7-1-5(11)12/h10,14-22H,1-9H2;7-10H,1-4H2,(H,11,12)/q+3;. The van der Waals surface area contributed by atoms with Crippen LogP contribution in [-0.2, 0) is 4.79 Å². The van der Waals surface area contributed by atoms with E-state index in [0.29, 0.717) is 0 Å². The molecule has 0 spiro atoms. The third kappa shape index (κ3) is 7.93. The number of carbonyl (C=O) groups is 1. The van der Waals surface area contributed by atoms with Gasteiger partial charge in [0, 0.05) is 0 Å². The fourth-order valence-corrected chi connectivity index (χ4v) is 3.20. The summed E-state index contributed by atoms with van der Waals surface area (Å²) in [6.45, 7) is -10.2. The Labute approximate surface area is 195 Å². The minimum Gasteiger partial charge on any atom is -0.480 e. The van der Waals surface area contributed by atoms with E-state index in [0.717, 1.165) is 0 Å².